The lowest BCUT2D eigenvalue weighted by Gasteiger charge is -2.40. The Kier molecular flexibility index (Phi) is 4.84. The lowest BCUT2D eigenvalue weighted by Crippen LogP contribution is -2.45. The van der Waals surface area contributed by atoms with E-state index in [4.69, 9.17) is 5.73 Å². The number of benzene rings is 1. The number of nitrogens with zero attached hydrogens (tertiary/aromatic N) is 2. The standard InChI is InChI=1S/C19H29N3/c1-3-11-22-12-7-6-10-19(22)16(13-20)17-14-21(2)18-9-5-4-8-15(17)18/h4-5,8-9,14,16,19H,3,6-7,10-13,20H2,1-2H3. The third-order valence-electron chi connectivity index (χ3n) is 5.22. The number of likely N-dealkylation sites (tertiary alicyclic amines) is 1. The van der Waals surface area contributed by atoms with Gasteiger partial charge >= 0.3 is 0 Å². The van der Waals surface area contributed by atoms with Gasteiger partial charge in [-0.3, -0.25) is 4.90 Å². The Hall–Kier alpha value is -1.32. The number of para-hydroxylation sites is 1. The summed E-state index contributed by atoms with van der Waals surface area (Å²) in [4.78, 5) is 2.68. The second kappa shape index (κ2) is 6.84. The predicted octanol–water partition coefficient (Wildman–Crippen LogP) is 3.49. The fourth-order valence-electron chi connectivity index (χ4n) is 4.20. The third-order valence-corrected chi connectivity index (χ3v) is 5.22. The van der Waals surface area contributed by atoms with E-state index in [2.05, 4.69) is 53.9 Å². The first-order chi connectivity index (χ1) is 10.8. The first-order valence-electron chi connectivity index (χ1n) is 8.74. The second-order valence-corrected chi connectivity index (χ2v) is 6.65. The highest BCUT2D eigenvalue weighted by molar-refractivity contribution is 5.84. The Bertz CT molecular complexity index is 614. The van der Waals surface area contributed by atoms with Crippen molar-refractivity contribution < 1.29 is 0 Å². The van der Waals surface area contributed by atoms with Crippen LogP contribution < -0.4 is 5.73 Å². The SMILES string of the molecule is CCCN1CCCCC1C(CN)c1cn(C)c2ccccc12. The monoisotopic (exact) mass is 299 g/mol. The number of nitrogens with two attached hydrogens (primary N) is 1. The zero-order valence-corrected chi connectivity index (χ0v) is 14.0. The molecule has 22 heavy (non-hydrogen) atoms. The van der Waals surface area contributed by atoms with Crippen molar-refractivity contribution in [2.24, 2.45) is 12.8 Å². The van der Waals surface area contributed by atoms with Crippen LogP contribution in [0.5, 0.6) is 0 Å². The van der Waals surface area contributed by atoms with Crippen LogP contribution in [0.1, 0.15) is 44.1 Å². The zero-order chi connectivity index (χ0) is 15.5. The number of aryl methyl sites for hydroxylation is 1. The summed E-state index contributed by atoms with van der Waals surface area (Å²) in [7, 11) is 2.14. The molecule has 2 N–H and O–H groups in total. The predicted molar refractivity (Wildman–Crippen MR) is 94.2 cm³/mol. The van der Waals surface area contributed by atoms with Crippen molar-refractivity contribution in [3.63, 3.8) is 0 Å². The van der Waals surface area contributed by atoms with Gasteiger partial charge in [0.15, 0.2) is 0 Å². The molecule has 0 saturated carbocycles. The van der Waals surface area contributed by atoms with E-state index >= 15 is 0 Å². The van der Waals surface area contributed by atoms with E-state index in [1.165, 1.54) is 55.2 Å². The maximum Gasteiger partial charge on any atom is 0.0480 e. The van der Waals surface area contributed by atoms with E-state index in [0.29, 0.717) is 12.0 Å². The number of rotatable bonds is 5. The normalized spacial score (nSPS) is 21.3. The molecule has 2 aromatic rings. The summed E-state index contributed by atoms with van der Waals surface area (Å²) in [5.74, 6) is 0.443. The topological polar surface area (TPSA) is 34.2 Å². The summed E-state index contributed by atoms with van der Waals surface area (Å²) >= 11 is 0. The Labute approximate surface area is 134 Å². The van der Waals surface area contributed by atoms with E-state index in [-0.39, 0.29) is 0 Å². The molecule has 2 heterocycles. The van der Waals surface area contributed by atoms with Gasteiger partial charge in [-0.05, 0) is 44.0 Å². The minimum absolute atomic E-state index is 0.443. The van der Waals surface area contributed by atoms with Gasteiger partial charge in [-0.1, -0.05) is 31.5 Å². The maximum absolute atomic E-state index is 6.26. The molecule has 0 radical (unpaired) electrons. The molecule has 3 rings (SSSR count). The average molecular weight is 299 g/mol. The maximum atomic E-state index is 6.26. The molecule has 0 aliphatic carbocycles. The lowest BCUT2D eigenvalue weighted by molar-refractivity contribution is 0.127. The average Bonchev–Trinajstić information content (AvgIpc) is 2.88. The molecule has 1 saturated heterocycles. The molecule has 1 aromatic carbocycles. The van der Waals surface area contributed by atoms with Gasteiger partial charge in [0.25, 0.3) is 0 Å². The summed E-state index contributed by atoms with van der Waals surface area (Å²) in [5, 5.41) is 1.38. The van der Waals surface area contributed by atoms with Crippen LogP contribution in [0.3, 0.4) is 0 Å². The highest BCUT2D eigenvalue weighted by atomic mass is 15.2. The molecule has 0 amide bonds. The van der Waals surface area contributed by atoms with Gasteiger partial charge in [0.2, 0.25) is 0 Å². The quantitative estimate of drug-likeness (QED) is 0.917. The van der Waals surface area contributed by atoms with Gasteiger partial charge < -0.3 is 10.3 Å². The van der Waals surface area contributed by atoms with Crippen LogP contribution in [0.4, 0.5) is 0 Å². The summed E-state index contributed by atoms with van der Waals surface area (Å²) in [6.45, 7) is 5.45. The van der Waals surface area contributed by atoms with Gasteiger partial charge in [0, 0.05) is 42.7 Å². The van der Waals surface area contributed by atoms with Crippen LogP contribution in [0.25, 0.3) is 10.9 Å². The largest absolute Gasteiger partial charge is 0.350 e. The third kappa shape index (κ3) is 2.80. The highest BCUT2D eigenvalue weighted by Gasteiger charge is 2.31. The Morgan fingerprint density at radius 1 is 1.27 bits per heavy atom. The zero-order valence-electron chi connectivity index (χ0n) is 14.0. The van der Waals surface area contributed by atoms with Gasteiger partial charge in [-0.2, -0.15) is 0 Å². The molecular formula is C19H29N3. The fourth-order valence-corrected chi connectivity index (χ4v) is 4.20. The van der Waals surface area contributed by atoms with E-state index in [1.54, 1.807) is 0 Å². The molecule has 2 atom stereocenters. The van der Waals surface area contributed by atoms with Gasteiger partial charge in [0.05, 0.1) is 0 Å². The molecule has 1 aliphatic rings. The van der Waals surface area contributed by atoms with Gasteiger partial charge in [0.1, 0.15) is 0 Å². The Balaban J connectivity index is 1.98. The van der Waals surface area contributed by atoms with Crippen LogP contribution in [0.15, 0.2) is 30.5 Å². The molecule has 1 aliphatic heterocycles. The van der Waals surface area contributed by atoms with Crippen molar-refractivity contribution in [3.8, 4) is 0 Å². The number of piperidine rings is 1. The van der Waals surface area contributed by atoms with Gasteiger partial charge in [-0.15, -0.1) is 0 Å². The second-order valence-electron chi connectivity index (χ2n) is 6.65. The number of hydrogen-bond acceptors (Lipinski definition) is 2. The lowest BCUT2D eigenvalue weighted by atomic mass is 9.85. The minimum Gasteiger partial charge on any atom is -0.350 e. The van der Waals surface area contributed by atoms with Crippen molar-refractivity contribution in [1.29, 1.82) is 0 Å². The van der Waals surface area contributed by atoms with Crippen LogP contribution in [0.2, 0.25) is 0 Å². The fraction of sp³-hybridized carbons (Fsp3) is 0.579. The Morgan fingerprint density at radius 2 is 2.09 bits per heavy atom. The first-order valence-corrected chi connectivity index (χ1v) is 8.74. The van der Waals surface area contributed by atoms with Gasteiger partial charge in [-0.25, -0.2) is 0 Å². The van der Waals surface area contributed by atoms with Crippen molar-refractivity contribution in [1.82, 2.24) is 9.47 Å². The Morgan fingerprint density at radius 3 is 2.86 bits per heavy atom. The molecule has 0 spiro atoms. The van der Waals surface area contributed by atoms with E-state index in [1.807, 2.05) is 0 Å². The van der Waals surface area contributed by atoms with Crippen LogP contribution in [0, 0.1) is 0 Å². The van der Waals surface area contributed by atoms with E-state index < -0.39 is 0 Å². The van der Waals surface area contributed by atoms with E-state index in [0.717, 1.165) is 6.54 Å². The van der Waals surface area contributed by atoms with Crippen molar-refractivity contribution in [3.05, 3.63) is 36.0 Å². The minimum atomic E-state index is 0.443. The molecular weight excluding hydrogens is 270 g/mol. The van der Waals surface area contributed by atoms with Crippen molar-refractivity contribution >= 4 is 10.9 Å². The number of fused-ring (bicyclic) bond motifs is 1. The number of aromatic nitrogens is 1. The molecule has 3 heteroatoms. The smallest absolute Gasteiger partial charge is 0.0480 e. The summed E-state index contributed by atoms with van der Waals surface area (Å²) in [6, 6.07) is 9.32. The molecule has 1 fully saturated rings. The summed E-state index contributed by atoms with van der Waals surface area (Å²) < 4.78 is 2.25. The van der Waals surface area contributed by atoms with Crippen LogP contribution >= 0.6 is 0 Å². The number of hydrogen-bond donors (Lipinski definition) is 1. The van der Waals surface area contributed by atoms with Crippen LogP contribution in [-0.4, -0.2) is 35.1 Å². The highest BCUT2D eigenvalue weighted by Crippen LogP contribution is 2.34. The molecule has 2 unspecified atom stereocenters. The van der Waals surface area contributed by atoms with Crippen molar-refractivity contribution in [2.45, 2.75) is 44.6 Å². The molecule has 0 bridgehead atoms. The summed E-state index contributed by atoms with van der Waals surface area (Å²) in [6.07, 6.45) is 7.49. The molecule has 1 aromatic heterocycles. The first kappa shape index (κ1) is 15.6. The van der Waals surface area contributed by atoms with Crippen LogP contribution in [-0.2, 0) is 7.05 Å². The van der Waals surface area contributed by atoms with E-state index in [9.17, 15) is 0 Å². The molecule has 120 valence electrons. The van der Waals surface area contributed by atoms with Crippen molar-refractivity contribution in [2.75, 3.05) is 19.6 Å². The molecule has 3 nitrogen and oxygen atoms in total. The summed E-state index contributed by atoms with van der Waals surface area (Å²) in [5.41, 5.74) is 9.01.